The van der Waals surface area contributed by atoms with Crippen molar-refractivity contribution in [3.8, 4) is 0 Å². The number of aromatic carboxylic acids is 1. The monoisotopic (exact) mass is 354 g/mol. The second-order valence-electron chi connectivity index (χ2n) is 3.78. The van der Waals surface area contributed by atoms with Crippen molar-refractivity contribution in [1.82, 2.24) is 4.98 Å². The summed E-state index contributed by atoms with van der Waals surface area (Å²) in [6.45, 7) is 0. The van der Waals surface area contributed by atoms with E-state index in [-0.39, 0.29) is 22.0 Å². The minimum Gasteiger partial charge on any atom is -0.478 e. The zero-order chi connectivity index (χ0) is 14.7. The first-order valence-electron chi connectivity index (χ1n) is 5.44. The largest absolute Gasteiger partial charge is 0.478 e. The standard InChI is InChI=1S/C13H8BrClN2O3/c14-7-4-5-10(16-6-7)12(18)17-11-8(13(19)20)2-1-3-9(11)15/h1-6H,(H,17,18)(H,19,20). The molecule has 0 bridgehead atoms. The van der Waals surface area contributed by atoms with Crippen LogP contribution >= 0.6 is 27.5 Å². The van der Waals surface area contributed by atoms with Gasteiger partial charge in [0.2, 0.25) is 0 Å². The lowest BCUT2D eigenvalue weighted by Gasteiger charge is -2.09. The molecular weight excluding hydrogens is 348 g/mol. The smallest absolute Gasteiger partial charge is 0.337 e. The Labute approximate surface area is 127 Å². The molecule has 1 aromatic carbocycles. The van der Waals surface area contributed by atoms with Gasteiger partial charge in [0.15, 0.2) is 0 Å². The Morgan fingerprint density at radius 2 is 2.00 bits per heavy atom. The normalized spacial score (nSPS) is 10.1. The van der Waals surface area contributed by atoms with E-state index in [1.165, 1.54) is 30.5 Å². The molecule has 0 radical (unpaired) electrons. The molecule has 0 unspecified atom stereocenters. The Bertz CT molecular complexity index is 674. The van der Waals surface area contributed by atoms with Gasteiger partial charge in [-0.2, -0.15) is 0 Å². The highest BCUT2D eigenvalue weighted by atomic mass is 79.9. The molecule has 0 saturated heterocycles. The number of nitrogens with zero attached hydrogens (tertiary/aromatic N) is 1. The summed E-state index contributed by atoms with van der Waals surface area (Å²) < 4.78 is 0.734. The number of halogens is 2. The third-order valence-electron chi connectivity index (χ3n) is 2.44. The van der Waals surface area contributed by atoms with E-state index in [4.69, 9.17) is 16.7 Å². The van der Waals surface area contributed by atoms with Crippen LogP contribution in [-0.2, 0) is 0 Å². The first-order valence-corrected chi connectivity index (χ1v) is 6.61. The fourth-order valence-electron chi connectivity index (χ4n) is 1.52. The van der Waals surface area contributed by atoms with Gasteiger partial charge in [0, 0.05) is 10.7 Å². The zero-order valence-corrected chi connectivity index (χ0v) is 12.3. The number of aromatic nitrogens is 1. The highest BCUT2D eigenvalue weighted by Gasteiger charge is 2.16. The molecule has 0 spiro atoms. The van der Waals surface area contributed by atoms with E-state index < -0.39 is 11.9 Å². The number of carboxylic acid groups (broad SMARTS) is 1. The number of nitrogens with one attached hydrogen (secondary N) is 1. The number of pyridine rings is 1. The molecule has 0 saturated carbocycles. The number of carboxylic acids is 1. The van der Waals surface area contributed by atoms with E-state index in [9.17, 15) is 9.59 Å². The molecule has 0 aliphatic carbocycles. The second-order valence-corrected chi connectivity index (χ2v) is 5.11. The summed E-state index contributed by atoms with van der Waals surface area (Å²) in [5, 5.41) is 11.7. The van der Waals surface area contributed by atoms with Gasteiger partial charge >= 0.3 is 5.97 Å². The second kappa shape index (κ2) is 6.02. The summed E-state index contributed by atoms with van der Waals surface area (Å²) in [6, 6.07) is 7.53. The molecule has 0 aliphatic rings. The Kier molecular flexibility index (Phi) is 4.36. The summed E-state index contributed by atoms with van der Waals surface area (Å²) >= 11 is 9.13. The van der Waals surface area contributed by atoms with Gasteiger partial charge in [-0.05, 0) is 40.2 Å². The molecule has 0 fully saturated rings. The van der Waals surface area contributed by atoms with Crippen molar-refractivity contribution in [2.24, 2.45) is 0 Å². The van der Waals surface area contributed by atoms with E-state index in [0.29, 0.717) is 0 Å². The predicted octanol–water partition coefficient (Wildman–Crippen LogP) is 3.45. The zero-order valence-electron chi connectivity index (χ0n) is 9.93. The molecule has 5 nitrogen and oxygen atoms in total. The number of para-hydroxylation sites is 1. The Morgan fingerprint density at radius 3 is 2.60 bits per heavy atom. The number of rotatable bonds is 3. The van der Waals surface area contributed by atoms with Crippen LogP contribution in [0, 0.1) is 0 Å². The van der Waals surface area contributed by atoms with Crippen LogP contribution in [0.4, 0.5) is 5.69 Å². The van der Waals surface area contributed by atoms with E-state index in [2.05, 4.69) is 26.2 Å². The summed E-state index contributed by atoms with van der Waals surface area (Å²) in [6.07, 6.45) is 1.47. The third kappa shape index (κ3) is 3.15. The van der Waals surface area contributed by atoms with Crippen molar-refractivity contribution < 1.29 is 14.7 Å². The van der Waals surface area contributed by atoms with Crippen molar-refractivity contribution >= 4 is 45.1 Å². The number of anilines is 1. The third-order valence-corrected chi connectivity index (χ3v) is 3.23. The van der Waals surface area contributed by atoms with Gasteiger partial charge in [0.05, 0.1) is 16.3 Å². The summed E-state index contributed by atoms with van der Waals surface area (Å²) in [5.74, 6) is -1.71. The maximum Gasteiger partial charge on any atom is 0.337 e. The number of carbonyl (C=O) groups excluding carboxylic acids is 1. The van der Waals surface area contributed by atoms with Crippen LogP contribution in [0.1, 0.15) is 20.8 Å². The first-order chi connectivity index (χ1) is 9.49. The summed E-state index contributed by atoms with van der Waals surface area (Å²) in [5.41, 5.74) is 0.129. The lowest BCUT2D eigenvalue weighted by Crippen LogP contribution is -2.16. The van der Waals surface area contributed by atoms with Gasteiger partial charge in [0.1, 0.15) is 5.69 Å². The molecule has 0 aliphatic heterocycles. The fraction of sp³-hybridized carbons (Fsp3) is 0. The van der Waals surface area contributed by atoms with Gasteiger partial charge in [-0.25, -0.2) is 9.78 Å². The summed E-state index contributed by atoms with van der Waals surface area (Å²) in [7, 11) is 0. The topological polar surface area (TPSA) is 79.3 Å². The Balaban J connectivity index is 2.32. The number of amides is 1. The van der Waals surface area contributed by atoms with Crippen molar-refractivity contribution in [3.05, 3.63) is 57.3 Å². The summed E-state index contributed by atoms with van der Waals surface area (Å²) in [4.78, 5) is 27.0. The van der Waals surface area contributed by atoms with E-state index in [1.54, 1.807) is 6.07 Å². The Hall–Kier alpha value is -1.92. The van der Waals surface area contributed by atoms with Gasteiger partial charge in [-0.1, -0.05) is 17.7 Å². The highest BCUT2D eigenvalue weighted by Crippen LogP contribution is 2.26. The van der Waals surface area contributed by atoms with Gasteiger partial charge in [0.25, 0.3) is 5.91 Å². The van der Waals surface area contributed by atoms with Crippen LogP contribution in [0.25, 0.3) is 0 Å². The minimum absolute atomic E-state index is 0.0522. The molecule has 20 heavy (non-hydrogen) atoms. The van der Waals surface area contributed by atoms with E-state index >= 15 is 0 Å². The quantitative estimate of drug-likeness (QED) is 0.884. The first kappa shape index (κ1) is 14.5. The molecule has 0 atom stereocenters. The minimum atomic E-state index is -1.17. The molecule has 102 valence electrons. The highest BCUT2D eigenvalue weighted by molar-refractivity contribution is 9.10. The maximum atomic E-state index is 12.0. The van der Waals surface area contributed by atoms with Gasteiger partial charge < -0.3 is 10.4 Å². The van der Waals surface area contributed by atoms with Crippen molar-refractivity contribution in [1.29, 1.82) is 0 Å². The molecule has 1 heterocycles. The SMILES string of the molecule is O=C(Nc1c(Cl)cccc1C(=O)O)c1ccc(Br)cn1. The van der Waals surface area contributed by atoms with Crippen LogP contribution in [0.5, 0.6) is 0 Å². The molecule has 2 N–H and O–H groups in total. The molecule has 1 aromatic heterocycles. The van der Waals surface area contributed by atoms with Crippen LogP contribution in [0.3, 0.4) is 0 Å². The molecule has 1 amide bonds. The van der Waals surface area contributed by atoms with Gasteiger partial charge in [-0.3, -0.25) is 4.79 Å². The maximum absolute atomic E-state index is 12.0. The van der Waals surface area contributed by atoms with Crippen molar-refractivity contribution in [2.75, 3.05) is 5.32 Å². The molecule has 7 heteroatoms. The lowest BCUT2D eigenvalue weighted by molar-refractivity contribution is 0.0698. The number of benzene rings is 1. The number of hydrogen-bond acceptors (Lipinski definition) is 3. The molecule has 2 rings (SSSR count). The van der Waals surface area contributed by atoms with Gasteiger partial charge in [-0.15, -0.1) is 0 Å². The van der Waals surface area contributed by atoms with E-state index in [1.807, 2.05) is 0 Å². The van der Waals surface area contributed by atoms with Crippen LogP contribution in [-0.4, -0.2) is 22.0 Å². The predicted molar refractivity (Wildman–Crippen MR) is 78.3 cm³/mol. The lowest BCUT2D eigenvalue weighted by atomic mass is 10.1. The van der Waals surface area contributed by atoms with Crippen molar-refractivity contribution in [3.63, 3.8) is 0 Å². The number of carbonyl (C=O) groups is 2. The fourth-order valence-corrected chi connectivity index (χ4v) is 1.97. The molecule has 2 aromatic rings. The average Bonchev–Trinajstić information content (AvgIpc) is 2.41. The van der Waals surface area contributed by atoms with Crippen LogP contribution in [0.2, 0.25) is 5.02 Å². The molecular formula is C13H8BrClN2O3. The van der Waals surface area contributed by atoms with Crippen LogP contribution in [0.15, 0.2) is 41.0 Å². The van der Waals surface area contributed by atoms with E-state index in [0.717, 1.165) is 4.47 Å². The van der Waals surface area contributed by atoms with Crippen LogP contribution < -0.4 is 5.32 Å². The van der Waals surface area contributed by atoms with Crippen molar-refractivity contribution in [2.45, 2.75) is 0 Å². The average molecular weight is 356 g/mol. The number of hydrogen-bond donors (Lipinski definition) is 2. The Morgan fingerprint density at radius 1 is 1.25 bits per heavy atom.